The summed E-state index contributed by atoms with van der Waals surface area (Å²) in [4.78, 5) is 11.1. The number of urea groups is 1. The van der Waals surface area contributed by atoms with Crippen LogP contribution in [0, 0.1) is 0 Å². The number of benzene rings is 2. The van der Waals surface area contributed by atoms with Crippen molar-refractivity contribution in [2.45, 2.75) is 0 Å². The maximum Gasteiger partial charge on any atom is 0.318 e. The second kappa shape index (κ2) is 6.30. The first-order valence-electron chi connectivity index (χ1n) is 5.83. The molecule has 5 nitrogen and oxygen atoms in total. The van der Waals surface area contributed by atoms with Gasteiger partial charge in [0.25, 0.3) is 0 Å². The zero-order chi connectivity index (χ0) is 13.5. The number of nitrogens with one attached hydrogen (secondary N) is 2. The van der Waals surface area contributed by atoms with Crippen LogP contribution in [0.2, 0.25) is 0 Å². The number of carbonyl (C=O) groups is 1. The van der Waals surface area contributed by atoms with Crippen LogP contribution in [0.15, 0.2) is 64.8 Å². The van der Waals surface area contributed by atoms with Gasteiger partial charge in [-0.25, -0.2) is 4.79 Å². The predicted molar refractivity (Wildman–Crippen MR) is 75.1 cm³/mol. The summed E-state index contributed by atoms with van der Waals surface area (Å²) < 4.78 is 0. The van der Waals surface area contributed by atoms with Crippen molar-refractivity contribution in [3.8, 4) is 0 Å². The molecular weight excluding hydrogens is 240 g/mol. The average Bonchev–Trinajstić information content (AvgIpc) is 2.47. The lowest BCUT2D eigenvalue weighted by Gasteiger charge is -2.03. The van der Waals surface area contributed by atoms with E-state index in [1.165, 1.54) is 0 Å². The van der Waals surface area contributed by atoms with Crippen molar-refractivity contribution in [3.63, 3.8) is 0 Å². The van der Waals surface area contributed by atoms with Crippen molar-refractivity contribution in [2.24, 2.45) is 10.2 Å². The highest BCUT2D eigenvalue weighted by atomic mass is 16.2. The molecule has 0 aromatic heterocycles. The maximum absolute atomic E-state index is 11.1. The van der Waals surface area contributed by atoms with Gasteiger partial charge >= 0.3 is 6.03 Å². The Balaban J connectivity index is 2.03. The van der Waals surface area contributed by atoms with Gasteiger partial charge in [-0.2, -0.15) is 10.2 Å². The Bertz CT molecular complexity index is 564. The van der Waals surface area contributed by atoms with E-state index in [0.29, 0.717) is 5.69 Å². The fourth-order valence-corrected chi connectivity index (χ4v) is 1.42. The minimum atomic E-state index is -0.251. The third-order valence-corrected chi connectivity index (χ3v) is 2.39. The van der Waals surface area contributed by atoms with Crippen LogP contribution in [0.5, 0.6) is 0 Å². The van der Waals surface area contributed by atoms with E-state index in [4.69, 9.17) is 0 Å². The largest absolute Gasteiger partial charge is 0.341 e. The van der Waals surface area contributed by atoms with Gasteiger partial charge in [-0.1, -0.05) is 18.2 Å². The Morgan fingerprint density at radius 3 is 2.05 bits per heavy atom. The van der Waals surface area contributed by atoms with Crippen molar-refractivity contribution in [3.05, 3.63) is 54.6 Å². The second-order valence-electron chi connectivity index (χ2n) is 3.79. The van der Waals surface area contributed by atoms with Gasteiger partial charge in [0.05, 0.1) is 11.4 Å². The minimum absolute atomic E-state index is 0.251. The highest BCUT2D eigenvalue weighted by Crippen LogP contribution is 2.19. The molecule has 0 unspecified atom stereocenters. The van der Waals surface area contributed by atoms with Crippen LogP contribution in [0.1, 0.15) is 0 Å². The molecule has 2 N–H and O–H groups in total. The van der Waals surface area contributed by atoms with E-state index < -0.39 is 0 Å². The van der Waals surface area contributed by atoms with Gasteiger partial charge in [0, 0.05) is 12.7 Å². The quantitative estimate of drug-likeness (QED) is 0.802. The molecule has 0 atom stereocenters. The summed E-state index contributed by atoms with van der Waals surface area (Å²) in [6.07, 6.45) is 0. The minimum Gasteiger partial charge on any atom is -0.341 e. The molecule has 0 saturated carbocycles. The first-order valence-corrected chi connectivity index (χ1v) is 5.83. The lowest BCUT2D eigenvalue weighted by molar-refractivity contribution is 0.254. The SMILES string of the molecule is CNC(=O)Nc1ccc(N=Nc2ccccc2)cc1. The normalized spacial score (nSPS) is 10.4. The summed E-state index contributed by atoms with van der Waals surface area (Å²) in [5, 5.41) is 13.4. The number of amides is 2. The summed E-state index contributed by atoms with van der Waals surface area (Å²) in [6.45, 7) is 0. The molecule has 0 aliphatic rings. The Hall–Kier alpha value is -2.69. The van der Waals surface area contributed by atoms with Crippen molar-refractivity contribution >= 4 is 23.1 Å². The van der Waals surface area contributed by atoms with E-state index in [1.54, 1.807) is 31.3 Å². The summed E-state index contributed by atoms with van der Waals surface area (Å²) in [6, 6.07) is 16.4. The number of hydrogen-bond acceptors (Lipinski definition) is 3. The van der Waals surface area contributed by atoms with E-state index in [1.807, 2.05) is 30.3 Å². The van der Waals surface area contributed by atoms with Gasteiger partial charge in [0.1, 0.15) is 0 Å². The smallest absolute Gasteiger partial charge is 0.318 e. The highest BCUT2D eigenvalue weighted by Gasteiger charge is 1.97. The zero-order valence-corrected chi connectivity index (χ0v) is 10.5. The first kappa shape index (κ1) is 12.8. The molecule has 0 aliphatic heterocycles. The second-order valence-corrected chi connectivity index (χ2v) is 3.79. The third kappa shape index (κ3) is 3.92. The molecule has 0 aliphatic carbocycles. The fourth-order valence-electron chi connectivity index (χ4n) is 1.42. The van der Waals surface area contributed by atoms with Crippen LogP contribution in [0.3, 0.4) is 0 Å². The van der Waals surface area contributed by atoms with E-state index >= 15 is 0 Å². The molecule has 0 saturated heterocycles. The molecule has 5 heteroatoms. The molecule has 0 heterocycles. The summed E-state index contributed by atoms with van der Waals surface area (Å²) in [5.41, 5.74) is 2.24. The predicted octanol–water partition coefficient (Wildman–Crippen LogP) is 3.85. The van der Waals surface area contributed by atoms with Crippen molar-refractivity contribution in [2.75, 3.05) is 12.4 Å². The number of azo groups is 1. The fraction of sp³-hybridized carbons (Fsp3) is 0.0714. The Morgan fingerprint density at radius 1 is 0.895 bits per heavy atom. The summed E-state index contributed by atoms with van der Waals surface area (Å²) in [7, 11) is 1.57. The Labute approximate surface area is 111 Å². The maximum atomic E-state index is 11.1. The van der Waals surface area contributed by atoms with Crippen molar-refractivity contribution < 1.29 is 4.79 Å². The van der Waals surface area contributed by atoms with E-state index in [2.05, 4.69) is 20.9 Å². The lowest BCUT2D eigenvalue weighted by Crippen LogP contribution is -2.24. The molecule has 2 aromatic rings. The molecular formula is C14H14N4O. The standard InChI is InChI=1S/C14H14N4O/c1-15-14(19)16-11-7-9-13(10-8-11)18-17-12-5-3-2-4-6-12/h2-10H,1H3,(H2,15,16,19). The molecule has 2 amide bonds. The number of anilines is 1. The summed E-state index contributed by atoms with van der Waals surface area (Å²) >= 11 is 0. The molecule has 0 bridgehead atoms. The van der Waals surface area contributed by atoms with Crippen LogP contribution >= 0.6 is 0 Å². The van der Waals surface area contributed by atoms with E-state index in [9.17, 15) is 4.79 Å². The van der Waals surface area contributed by atoms with Crippen molar-refractivity contribution in [1.82, 2.24) is 5.32 Å². The number of hydrogen-bond donors (Lipinski definition) is 2. The van der Waals surface area contributed by atoms with Gasteiger partial charge < -0.3 is 10.6 Å². The molecule has 2 aromatic carbocycles. The number of nitrogens with zero attached hydrogens (tertiary/aromatic N) is 2. The van der Waals surface area contributed by atoms with Gasteiger partial charge in [-0.05, 0) is 36.4 Å². The third-order valence-electron chi connectivity index (χ3n) is 2.39. The topological polar surface area (TPSA) is 65.8 Å². The van der Waals surface area contributed by atoms with E-state index in [-0.39, 0.29) is 6.03 Å². The van der Waals surface area contributed by atoms with Crippen LogP contribution < -0.4 is 10.6 Å². The summed E-state index contributed by atoms with van der Waals surface area (Å²) in [5.74, 6) is 0. The molecule has 96 valence electrons. The first-order chi connectivity index (χ1) is 9.28. The van der Waals surface area contributed by atoms with Gasteiger partial charge in [-0.15, -0.1) is 0 Å². The molecule has 0 spiro atoms. The average molecular weight is 254 g/mol. The van der Waals surface area contributed by atoms with Gasteiger partial charge in [0.2, 0.25) is 0 Å². The monoisotopic (exact) mass is 254 g/mol. The van der Waals surface area contributed by atoms with E-state index in [0.717, 1.165) is 11.4 Å². The molecule has 0 radical (unpaired) electrons. The lowest BCUT2D eigenvalue weighted by atomic mass is 10.3. The molecule has 2 rings (SSSR count). The highest BCUT2D eigenvalue weighted by molar-refractivity contribution is 5.89. The molecule has 0 fully saturated rings. The Kier molecular flexibility index (Phi) is 4.23. The van der Waals surface area contributed by atoms with Crippen molar-refractivity contribution in [1.29, 1.82) is 0 Å². The zero-order valence-electron chi connectivity index (χ0n) is 10.5. The number of carbonyl (C=O) groups excluding carboxylic acids is 1. The van der Waals surface area contributed by atoms with Crippen LogP contribution in [0.25, 0.3) is 0 Å². The molecule has 19 heavy (non-hydrogen) atoms. The van der Waals surface area contributed by atoms with Crippen LogP contribution in [-0.4, -0.2) is 13.1 Å². The number of rotatable bonds is 3. The van der Waals surface area contributed by atoms with Crippen LogP contribution in [0.4, 0.5) is 21.9 Å². The van der Waals surface area contributed by atoms with Gasteiger partial charge in [-0.3, -0.25) is 0 Å². The van der Waals surface area contributed by atoms with Crippen LogP contribution in [-0.2, 0) is 0 Å². The Morgan fingerprint density at radius 2 is 1.47 bits per heavy atom. The van der Waals surface area contributed by atoms with Gasteiger partial charge in [0.15, 0.2) is 0 Å².